The van der Waals surface area contributed by atoms with Gasteiger partial charge in [-0.15, -0.1) is 0 Å². The van der Waals surface area contributed by atoms with Gasteiger partial charge in [0.05, 0.1) is 16.0 Å². The Kier molecular flexibility index (Phi) is 6.17. The average Bonchev–Trinajstić information content (AvgIpc) is 2.67. The average molecular weight is 432 g/mol. The molecule has 3 rings (SSSR count). The molecule has 160 valence electrons. The summed E-state index contributed by atoms with van der Waals surface area (Å²) in [5.41, 5.74) is 1.47. The van der Waals surface area contributed by atoms with Crippen molar-refractivity contribution in [1.29, 1.82) is 0 Å². The summed E-state index contributed by atoms with van der Waals surface area (Å²) in [5.74, 6) is -2.49. The highest BCUT2D eigenvalue weighted by atomic mass is 32.2. The smallest absolute Gasteiger partial charge is 0.336 e. The maximum atomic E-state index is 12.1. The second-order valence-corrected chi connectivity index (χ2v) is 9.80. The molecule has 1 aliphatic carbocycles. The van der Waals surface area contributed by atoms with Gasteiger partial charge in [-0.25, -0.2) is 18.0 Å². The van der Waals surface area contributed by atoms with E-state index in [-0.39, 0.29) is 27.6 Å². The third-order valence-corrected chi connectivity index (χ3v) is 6.61. The second-order valence-electron chi connectivity index (χ2n) is 7.78. The van der Waals surface area contributed by atoms with E-state index >= 15 is 0 Å². The number of aryl methyl sites for hydroxylation is 1. The van der Waals surface area contributed by atoms with Crippen molar-refractivity contribution in [3.8, 4) is 11.1 Å². The first kappa shape index (κ1) is 21.8. The van der Waals surface area contributed by atoms with Crippen LogP contribution in [0.1, 0.15) is 58.4 Å². The molecule has 1 aliphatic rings. The lowest BCUT2D eigenvalue weighted by molar-refractivity contribution is 0.0695. The molecular weight excluding hydrogens is 406 g/mol. The third kappa shape index (κ3) is 4.64. The Hall–Kier alpha value is -2.87. The number of hydrogen-bond donors (Lipinski definition) is 3. The molecule has 0 radical (unpaired) electrons. The number of rotatable bonds is 6. The van der Waals surface area contributed by atoms with Crippen molar-refractivity contribution < 1.29 is 28.2 Å². The molecule has 0 aliphatic heterocycles. The third-order valence-electron chi connectivity index (χ3n) is 5.50. The van der Waals surface area contributed by atoms with Gasteiger partial charge in [-0.05, 0) is 61.2 Å². The SMILES string of the molecule is Cc1cc(-c2cc(S(C)(=O)=O)ccc2NC2CCCCC2)c(C(=O)O)cc1C(=O)O. The number of nitrogens with one attached hydrogen (secondary N) is 1. The van der Waals surface area contributed by atoms with Crippen molar-refractivity contribution >= 4 is 27.5 Å². The molecule has 2 aromatic carbocycles. The van der Waals surface area contributed by atoms with Crippen LogP contribution in [0, 0.1) is 6.92 Å². The molecule has 0 heterocycles. The molecule has 30 heavy (non-hydrogen) atoms. The first-order valence-corrected chi connectivity index (χ1v) is 11.7. The van der Waals surface area contributed by atoms with E-state index in [1.165, 1.54) is 24.6 Å². The number of sulfone groups is 1. The van der Waals surface area contributed by atoms with E-state index in [1.807, 2.05) is 0 Å². The van der Waals surface area contributed by atoms with Crippen molar-refractivity contribution in [2.75, 3.05) is 11.6 Å². The van der Waals surface area contributed by atoms with Crippen molar-refractivity contribution in [2.45, 2.75) is 50.0 Å². The first-order valence-electron chi connectivity index (χ1n) is 9.80. The number of carboxylic acids is 2. The fraction of sp³-hybridized carbons (Fsp3) is 0.364. The summed E-state index contributed by atoms with van der Waals surface area (Å²) >= 11 is 0. The zero-order chi connectivity index (χ0) is 22.1. The quantitative estimate of drug-likeness (QED) is 0.626. The van der Waals surface area contributed by atoms with Gasteiger partial charge >= 0.3 is 11.9 Å². The van der Waals surface area contributed by atoms with Crippen molar-refractivity contribution in [3.05, 3.63) is 47.0 Å². The van der Waals surface area contributed by atoms with Crippen LogP contribution in [0.25, 0.3) is 11.1 Å². The van der Waals surface area contributed by atoms with Crippen LogP contribution >= 0.6 is 0 Å². The minimum Gasteiger partial charge on any atom is -0.478 e. The summed E-state index contributed by atoms with van der Waals surface area (Å²) in [7, 11) is -3.52. The molecule has 0 amide bonds. The van der Waals surface area contributed by atoms with E-state index < -0.39 is 21.8 Å². The summed E-state index contributed by atoms with van der Waals surface area (Å²) in [6, 6.07) is 7.47. The Morgan fingerprint density at radius 2 is 1.57 bits per heavy atom. The number of anilines is 1. The Balaban J connectivity index is 2.22. The summed E-state index contributed by atoms with van der Waals surface area (Å²) in [6.07, 6.45) is 6.43. The minimum absolute atomic E-state index is 0.0722. The van der Waals surface area contributed by atoms with E-state index in [1.54, 1.807) is 13.0 Å². The van der Waals surface area contributed by atoms with E-state index in [9.17, 15) is 28.2 Å². The van der Waals surface area contributed by atoms with Crippen molar-refractivity contribution in [1.82, 2.24) is 0 Å². The molecule has 0 spiro atoms. The summed E-state index contributed by atoms with van der Waals surface area (Å²) in [6.45, 7) is 1.59. The molecule has 1 saturated carbocycles. The zero-order valence-electron chi connectivity index (χ0n) is 16.9. The van der Waals surface area contributed by atoms with Gasteiger partial charge in [0.1, 0.15) is 0 Å². The van der Waals surface area contributed by atoms with Gasteiger partial charge in [-0.2, -0.15) is 0 Å². The molecule has 2 aromatic rings. The van der Waals surface area contributed by atoms with Crippen LogP contribution in [0.3, 0.4) is 0 Å². The number of benzene rings is 2. The number of aromatic carboxylic acids is 2. The Labute approximate surface area is 175 Å². The molecule has 0 unspecified atom stereocenters. The van der Waals surface area contributed by atoms with E-state index in [4.69, 9.17) is 0 Å². The summed E-state index contributed by atoms with van der Waals surface area (Å²) in [4.78, 5) is 23.5. The van der Waals surface area contributed by atoms with Gasteiger partial charge in [0.2, 0.25) is 0 Å². The summed E-state index contributed by atoms with van der Waals surface area (Å²) < 4.78 is 24.3. The first-order chi connectivity index (χ1) is 14.1. The van der Waals surface area contributed by atoms with Gasteiger partial charge in [0.15, 0.2) is 9.84 Å². The van der Waals surface area contributed by atoms with Gasteiger partial charge in [-0.3, -0.25) is 0 Å². The largest absolute Gasteiger partial charge is 0.478 e. The minimum atomic E-state index is -3.52. The van der Waals surface area contributed by atoms with Crippen molar-refractivity contribution in [3.63, 3.8) is 0 Å². The Morgan fingerprint density at radius 1 is 0.933 bits per heavy atom. The van der Waals surface area contributed by atoms with Gasteiger partial charge in [-0.1, -0.05) is 19.3 Å². The molecule has 7 nitrogen and oxygen atoms in total. The normalized spacial score (nSPS) is 15.0. The van der Waals surface area contributed by atoms with Gasteiger partial charge in [0.25, 0.3) is 0 Å². The highest BCUT2D eigenvalue weighted by Crippen LogP contribution is 2.36. The molecule has 8 heteroatoms. The standard InChI is InChI=1S/C22H25NO6S/c1-13-10-17(19(22(26)27)12-16(13)21(24)25)18-11-15(30(2,28)29)8-9-20(18)23-14-6-4-3-5-7-14/h8-12,14,23H,3-7H2,1-2H3,(H,24,25)(H,26,27). The van der Waals surface area contributed by atoms with Crippen LogP contribution in [-0.4, -0.2) is 42.9 Å². The van der Waals surface area contributed by atoms with E-state index in [0.29, 0.717) is 16.8 Å². The van der Waals surface area contributed by atoms with Crippen LogP contribution in [0.15, 0.2) is 35.2 Å². The van der Waals surface area contributed by atoms with Crippen LogP contribution in [0.4, 0.5) is 5.69 Å². The number of hydrogen-bond acceptors (Lipinski definition) is 5. The lowest BCUT2D eigenvalue weighted by Crippen LogP contribution is -2.22. The lowest BCUT2D eigenvalue weighted by Gasteiger charge is -2.26. The predicted molar refractivity (Wildman–Crippen MR) is 114 cm³/mol. The molecule has 0 bridgehead atoms. The van der Waals surface area contributed by atoms with Crippen LogP contribution in [-0.2, 0) is 9.84 Å². The fourth-order valence-corrected chi connectivity index (χ4v) is 4.55. The van der Waals surface area contributed by atoms with E-state index in [0.717, 1.165) is 38.0 Å². The molecular formula is C22H25NO6S. The maximum absolute atomic E-state index is 12.1. The van der Waals surface area contributed by atoms with Crippen LogP contribution < -0.4 is 5.32 Å². The maximum Gasteiger partial charge on any atom is 0.336 e. The van der Waals surface area contributed by atoms with Gasteiger partial charge in [0, 0.05) is 23.5 Å². The van der Waals surface area contributed by atoms with E-state index in [2.05, 4.69) is 5.32 Å². The van der Waals surface area contributed by atoms with Crippen LogP contribution in [0.5, 0.6) is 0 Å². The van der Waals surface area contributed by atoms with Gasteiger partial charge < -0.3 is 15.5 Å². The highest BCUT2D eigenvalue weighted by Gasteiger charge is 2.23. The Bertz CT molecular complexity index is 1100. The molecule has 0 atom stereocenters. The van der Waals surface area contributed by atoms with Crippen molar-refractivity contribution in [2.24, 2.45) is 0 Å². The second kappa shape index (κ2) is 8.47. The summed E-state index contributed by atoms with van der Waals surface area (Å²) in [5, 5.41) is 22.5. The topological polar surface area (TPSA) is 121 Å². The fourth-order valence-electron chi connectivity index (χ4n) is 3.91. The monoisotopic (exact) mass is 431 g/mol. The number of carboxylic acid groups (broad SMARTS) is 2. The zero-order valence-corrected chi connectivity index (χ0v) is 17.8. The van der Waals surface area contributed by atoms with Crippen LogP contribution in [0.2, 0.25) is 0 Å². The molecule has 0 saturated heterocycles. The Morgan fingerprint density at radius 3 is 2.13 bits per heavy atom. The molecule has 1 fully saturated rings. The highest BCUT2D eigenvalue weighted by molar-refractivity contribution is 7.90. The molecule has 3 N–H and O–H groups in total. The molecule has 0 aromatic heterocycles. The predicted octanol–water partition coefficient (Wildman–Crippen LogP) is 4.21. The lowest BCUT2D eigenvalue weighted by atomic mass is 9.91. The number of carbonyl (C=O) groups is 2.